The fraction of sp³-hybridized carbons (Fsp3) is 0.0690. The zero-order valence-electron chi connectivity index (χ0n) is 19.7. The molecular weight excluding hydrogens is 459 g/mol. The molecule has 1 aromatic heterocycles. The van der Waals surface area contributed by atoms with Gasteiger partial charge in [-0.05, 0) is 48.8 Å². The number of rotatable bonds is 7. The zero-order valence-corrected chi connectivity index (χ0v) is 19.7. The predicted octanol–water partition coefficient (Wildman–Crippen LogP) is 6.77. The Bertz CT molecular complexity index is 1570. The number of ether oxygens (including phenoxy) is 1. The molecule has 3 N–H and O–H groups in total. The molecular formula is C29H23FN2O4. The molecule has 0 aliphatic carbocycles. The van der Waals surface area contributed by atoms with Crippen molar-refractivity contribution in [3.8, 4) is 34.0 Å². The highest BCUT2D eigenvalue weighted by Gasteiger charge is 2.13. The number of para-hydroxylation sites is 1. The van der Waals surface area contributed by atoms with Crippen molar-refractivity contribution in [2.45, 2.75) is 13.8 Å². The monoisotopic (exact) mass is 482 g/mol. The van der Waals surface area contributed by atoms with Crippen molar-refractivity contribution in [1.82, 2.24) is 9.97 Å². The van der Waals surface area contributed by atoms with Crippen LogP contribution in [-0.4, -0.2) is 26.2 Å². The van der Waals surface area contributed by atoms with Crippen LogP contribution in [0.15, 0.2) is 102 Å². The van der Waals surface area contributed by atoms with Gasteiger partial charge in [0.2, 0.25) is 0 Å². The van der Waals surface area contributed by atoms with Crippen molar-refractivity contribution >= 4 is 17.0 Å². The highest BCUT2D eigenvalue weighted by molar-refractivity contribution is 5.87. The number of hydrogen-bond donors (Lipinski definition) is 3. The number of phenols is 1. The second-order valence-electron chi connectivity index (χ2n) is 8.08. The molecule has 0 bridgehead atoms. The van der Waals surface area contributed by atoms with Crippen LogP contribution in [0, 0.1) is 5.82 Å². The largest absolute Gasteiger partial charge is 0.507 e. The van der Waals surface area contributed by atoms with Crippen LogP contribution >= 0.6 is 0 Å². The lowest BCUT2D eigenvalue weighted by Crippen LogP contribution is -1.98. The first kappa shape index (κ1) is 24.3. The number of phenolic OH excluding ortho intramolecular Hbond substituents is 1. The van der Waals surface area contributed by atoms with E-state index in [1.165, 1.54) is 19.1 Å². The number of carbonyl (C=O) groups is 1. The minimum absolute atomic E-state index is 0.115. The number of carboxylic acid groups (broad SMARTS) is 1. The topological polar surface area (TPSA) is 95.4 Å². The molecule has 0 saturated carbocycles. The van der Waals surface area contributed by atoms with Gasteiger partial charge in [0.25, 0.3) is 0 Å². The highest BCUT2D eigenvalue weighted by atomic mass is 19.1. The smallest absolute Gasteiger partial charge is 0.331 e. The van der Waals surface area contributed by atoms with Crippen LogP contribution in [0.25, 0.3) is 33.3 Å². The molecule has 0 fully saturated rings. The second kappa shape index (κ2) is 10.2. The number of halogens is 1. The molecule has 36 heavy (non-hydrogen) atoms. The molecule has 3 aromatic carbocycles. The number of imidazole rings is 1. The van der Waals surface area contributed by atoms with Gasteiger partial charge in [-0.25, -0.2) is 9.18 Å². The summed E-state index contributed by atoms with van der Waals surface area (Å²) in [7, 11) is 0. The Hall–Kier alpha value is -4.87. The van der Waals surface area contributed by atoms with E-state index < -0.39 is 11.8 Å². The molecule has 0 atom stereocenters. The van der Waals surface area contributed by atoms with Gasteiger partial charge in [-0.2, -0.15) is 4.98 Å². The van der Waals surface area contributed by atoms with Crippen molar-refractivity contribution in [1.29, 1.82) is 0 Å². The summed E-state index contributed by atoms with van der Waals surface area (Å²) in [6.45, 7) is 6.76. The Morgan fingerprint density at radius 1 is 1.06 bits per heavy atom. The number of aromatic nitrogens is 2. The van der Waals surface area contributed by atoms with Crippen molar-refractivity contribution < 1.29 is 24.1 Å². The van der Waals surface area contributed by atoms with Crippen LogP contribution in [0.4, 0.5) is 4.39 Å². The van der Waals surface area contributed by atoms with Crippen LogP contribution in [0.1, 0.15) is 13.8 Å². The van der Waals surface area contributed by atoms with Crippen LogP contribution in [-0.2, 0) is 4.79 Å². The average molecular weight is 483 g/mol. The standard InChI is InChI=1S/C29H23FN2O4/c1-4-21(14-9-17(2)18(3)28(34)35)36-29-31-25-15-23(24(30)16-26(25)32-29)20-12-10-19(11-13-20)22-7-5-6-8-27(22)33/h5-16,33H,1H2,2-3H3,(H,31,32)(H,34,35). The Kier molecular flexibility index (Phi) is 6.86. The summed E-state index contributed by atoms with van der Waals surface area (Å²) in [5, 5.41) is 19.2. The van der Waals surface area contributed by atoms with Crippen LogP contribution in [0.2, 0.25) is 0 Å². The third-order valence-corrected chi connectivity index (χ3v) is 5.74. The Morgan fingerprint density at radius 3 is 2.36 bits per heavy atom. The molecule has 0 aliphatic rings. The summed E-state index contributed by atoms with van der Waals surface area (Å²) < 4.78 is 20.6. The molecule has 7 heteroatoms. The molecule has 0 amide bonds. The summed E-state index contributed by atoms with van der Waals surface area (Å²) in [5.41, 5.74) is 6.85. The molecule has 0 spiro atoms. The molecule has 0 unspecified atom stereocenters. The summed E-state index contributed by atoms with van der Waals surface area (Å²) in [6, 6.07) is 17.3. The van der Waals surface area contributed by atoms with Gasteiger partial charge in [0.05, 0.1) is 11.0 Å². The van der Waals surface area contributed by atoms with E-state index >= 15 is 0 Å². The Morgan fingerprint density at radius 2 is 1.72 bits per heavy atom. The van der Waals surface area contributed by atoms with Gasteiger partial charge in [0, 0.05) is 22.8 Å². The Labute approximate surface area is 207 Å². The van der Waals surface area contributed by atoms with E-state index in [9.17, 15) is 14.3 Å². The number of fused-ring (bicyclic) bond motifs is 1. The predicted molar refractivity (Wildman–Crippen MR) is 137 cm³/mol. The van der Waals surface area contributed by atoms with Gasteiger partial charge in [0.15, 0.2) is 5.76 Å². The number of hydrogen-bond acceptors (Lipinski definition) is 4. The first-order chi connectivity index (χ1) is 17.3. The maximum atomic E-state index is 15.0. The number of aromatic hydroxyl groups is 1. The number of nitrogens with zero attached hydrogens (tertiary/aromatic N) is 1. The minimum atomic E-state index is -1.01. The van der Waals surface area contributed by atoms with Crippen molar-refractivity contribution in [2.24, 2.45) is 0 Å². The van der Waals surface area contributed by atoms with Gasteiger partial charge in [-0.3, -0.25) is 0 Å². The number of H-pyrrole nitrogens is 1. The fourth-order valence-electron chi connectivity index (χ4n) is 3.55. The number of aliphatic carboxylic acids is 1. The van der Waals surface area contributed by atoms with Gasteiger partial charge < -0.3 is 19.9 Å². The number of allylic oxidation sites excluding steroid dienone is 3. The number of aromatic amines is 1. The maximum absolute atomic E-state index is 15.0. The van der Waals surface area contributed by atoms with E-state index in [4.69, 9.17) is 9.84 Å². The first-order valence-electron chi connectivity index (χ1n) is 11.0. The zero-order chi connectivity index (χ0) is 25.8. The van der Waals surface area contributed by atoms with Gasteiger partial charge in [-0.15, -0.1) is 0 Å². The van der Waals surface area contributed by atoms with E-state index in [0.29, 0.717) is 33.3 Å². The molecule has 0 radical (unpaired) electrons. The number of benzene rings is 3. The normalized spacial score (nSPS) is 11.9. The molecule has 4 aromatic rings. The third-order valence-electron chi connectivity index (χ3n) is 5.74. The molecule has 1 heterocycles. The average Bonchev–Trinajstić information content (AvgIpc) is 3.26. The maximum Gasteiger partial charge on any atom is 0.331 e. The molecule has 180 valence electrons. The van der Waals surface area contributed by atoms with Crippen molar-refractivity contribution in [3.63, 3.8) is 0 Å². The summed E-state index contributed by atoms with van der Waals surface area (Å²) in [6.07, 6.45) is 3.11. The lowest BCUT2D eigenvalue weighted by Gasteiger charge is -2.07. The minimum Gasteiger partial charge on any atom is -0.507 e. The number of carboxylic acids is 1. The molecule has 6 nitrogen and oxygen atoms in total. The van der Waals surface area contributed by atoms with E-state index in [1.54, 1.807) is 43.3 Å². The highest BCUT2D eigenvalue weighted by Crippen LogP contribution is 2.32. The van der Waals surface area contributed by atoms with E-state index in [-0.39, 0.29) is 23.1 Å². The van der Waals surface area contributed by atoms with Gasteiger partial charge in [0.1, 0.15) is 11.6 Å². The SMILES string of the molecule is C=C=C(C=CC(C)=C(C)C(=O)O)Oc1nc2cc(-c3ccc(-c4ccccc4O)cc3)c(F)cc2[nH]1. The molecule has 0 saturated heterocycles. The van der Waals surface area contributed by atoms with E-state index in [0.717, 1.165) is 5.56 Å². The second-order valence-corrected chi connectivity index (χ2v) is 8.08. The van der Waals surface area contributed by atoms with Crippen LogP contribution in [0.5, 0.6) is 11.8 Å². The van der Waals surface area contributed by atoms with Gasteiger partial charge in [-0.1, -0.05) is 60.9 Å². The van der Waals surface area contributed by atoms with Crippen LogP contribution < -0.4 is 4.74 Å². The third kappa shape index (κ3) is 5.12. The number of nitrogens with one attached hydrogen (secondary N) is 1. The summed E-state index contributed by atoms with van der Waals surface area (Å²) in [5.74, 6) is -1.05. The lowest BCUT2D eigenvalue weighted by molar-refractivity contribution is -0.132. The fourth-order valence-corrected chi connectivity index (χ4v) is 3.55. The first-order valence-corrected chi connectivity index (χ1v) is 11.0. The van der Waals surface area contributed by atoms with Crippen LogP contribution in [0.3, 0.4) is 0 Å². The van der Waals surface area contributed by atoms with Crippen molar-refractivity contribution in [2.75, 3.05) is 0 Å². The quantitative estimate of drug-likeness (QED) is 0.117. The van der Waals surface area contributed by atoms with Crippen molar-refractivity contribution in [3.05, 3.63) is 108 Å². The lowest BCUT2D eigenvalue weighted by atomic mass is 9.99. The Balaban J connectivity index is 1.59. The van der Waals surface area contributed by atoms with E-state index in [2.05, 4.69) is 22.3 Å². The van der Waals surface area contributed by atoms with Gasteiger partial charge >= 0.3 is 12.0 Å². The van der Waals surface area contributed by atoms with E-state index in [1.807, 2.05) is 24.3 Å². The summed E-state index contributed by atoms with van der Waals surface area (Å²) in [4.78, 5) is 18.4. The molecule has 0 aliphatic heterocycles. The molecule has 4 rings (SSSR count). The summed E-state index contributed by atoms with van der Waals surface area (Å²) >= 11 is 0.